The van der Waals surface area contributed by atoms with Gasteiger partial charge in [0, 0.05) is 0 Å². The lowest BCUT2D eigenvalue weighted by atomic mass is 10.3. The van der Waals surface area contributed by atoms with E-state index in [-0.39, 0.29) is 6.10 Å². The highest BCUT2D eigenvalue weighted by atomic mass is 16.7. The second-order valence-electron chi connectivity index (χ2n) is 2.59. The molecule has 4 nitrogen and oxygen atoms in total. The lowest BCUT2D eigenvalue weighted by molar-refractivity contribution is 0.170. The van der Waals surface area contributed by atoms with Gasteiger partial charge in [0.05, 0.1) is 11.9 Å². The van der Waals surface area contributed by atoms with E-state index in [2.05, 4.69) is 10.6 Å². The highest BCUT2D eigenvalue weighted by Gasteiger charge is 1.96. The van der Waals surface area contributed by atoms with Crippen LogP contribution in [0.4, 0.5) is 5.69 Å². The first kappa shape index (κ1) is 9.54. The molecule has 0 fully saturated rings. The van der Waals surface area contributed by atoms with E-state index < -0.39 is 0 Å². The third-order valence-electron chi connectivity index (χ3n) is 1.43. The summed E-state index contributed by atoms with van der Waals surface area (Å²) >= 11 is 0. The number of rotatable bonds is 4. The summed E-state index contributed by atoms with van der Waals surface area (Å²) < 4.78 is 0. The van der Waals surface area contributed by atoms with Crippen LogP contribution >= 0.6 is 0 Å². The molecule has 1 aromatic carbocycles. The number of para-hydroxylation sites is 1. The molecule has 0 radical (unpaired) electrons. The second-order valence-corrected chi connectivity index (χ2v) is 2.59. The quantitative estimate of drug-likeness (QED) is 0.417. The summed E-state index contributed by atoms with van der Waals surface area (Å²) in [7, 11) is 0. The molecule has 70 valence electrons. The van der Waals surface area contributed by atoms with Crippen LogP contribution in [-0.2, 0) is 4.84 Å². The normalized spacial score (nSPS) is 13.0. The van der Waals surface area contributed by atoms with Crippen molar-refractivity contribution in [3.05, 3.63) is 30.3 Å². The van der Waals surface area contributed by atoms with Crippen LogP contribution in [0.3, 0.4) is 0 Å². The fraction of sp³-hybridized carbons (Fsp3) is 0.222. The van der Waals surface area contributed by atoms with Crippen LogP contribution in [-0.4, -0.2) is 12.3 Å². The van der Waals surface area contributed by atoms with Gasteiger partial charge in [-0.05, 0) is 19.1 Å². The molecule has 0 aliphatic carbocycles. The van der Waals surface area contributed by atoms with Gasteiger partial charge >= 0.3 is 0 Å². The number of hydrazone groups is 1. The first-order valence-electron chi connectivity index (χ1n) is 4.03. The summed E-state index contributed by atoms with van der Waals surface area (Å²) in [6.07, 6.45) is 1.36. The monoisotopic (exact) mass is 179 g/mol. The molecule has 0 amide bonds. The number of hydrogen-bond acceptors (Lipinski definition) is 4. The maximum Gasteiger partial charge on any atom is 0.119 e. The Labute approximate surface area is 77.3 Å². The minimum Gasteiger partial charge on any atom is -0.324 e. The summed E-state index contributed by atoms with van der Waals surface area (Å²) in [4.78, 5) is 5.19. The predicted molar refractivity (Wildman–Crippen MR) is 53.3 cm³/mol. The van der Waals surface area contributed by atoms with Crippen LogP contribution in [0.25, 0.3) is 0 Å². The summed E-state index contributed by atoms with van der Waals surface area (Å²) in [6.45, 7) is 1.84. The van der Waals surface area contributed by atoms with Crippen LogP contribution in [0.15, 0.2) is 35.4 Å². The van der Waals surface area contributed by atoms with Gasteiger partial charge in [-0.25, -0.2) is 0 Å². The van der Waals surface area contributed by atoms with Crippen LogP contribution in [0.1, 0.15) is 6.92 Å². The summed E-state index contributed by atoms with van der Waals surface area (Å²) in [6, 6.07) is 9.61. The standard InChI is InChI=1S/C9H13N3O/c1-8(7-11-10)13-12-9-5-3-2-4-6-9/h2-8,12H,10H2,1H3/b11-7-/t8-/m0/s1. The minimum absolute atomic E-state index is 0.148. The van der Waals surface area contributed by atoms with Crippen LogP contribution in [0.2, 0.25) is 0 Å². The van der Waals surface area contributed by atoms with Crippen molar-refractivity contribution in [2.45, 2.75) is 13.0 Å². The first-order chi connectivity index (χ1) is 6.33. The fourth-order valence-electron chi connectivity index (χ4n) is 0.819. The van der Waals surface area contributed by atoms with E-state index in [0.717, 1.165) is 5.69 Å². The Morgan fingerprint density at radius 2 is 2.15 bits per heavy atom. The SMILES string of the molecule is C[C@@H](/C=N\N)ONc1ccccc1. The van der Waals surface area contributed by atoms with Gasteiger partial charge in [0.1, 0.15) is 6.10 Å². The zero-order valence-electron chi connectivity index (χ0n) is 7.47. The molecule has 0 saturated carbocycles. The van der Waals surface area contributed by atoms with Gasteiger partial charge in [-0.2, -0.15) is 5.10 Å². The van der Waals surface area contributed by atoms with Crippen molar-refractivity contribution in [2.24, 2.45) is 10.9 Å². The fourth-order valence-corrected chi connectivity index (χ4v) is 0.819. The molecule has 1 aromatic rings. The number of benzene rings is 1. The summed E-state index contributed by atoms with van der Waals surface area (Å²) in [5.41, 5.74) is 3.68. The Bertz CT molecular complexity index is 261. The lowest BCUT2D eigenvalue weighted by Crippen LogP contribution is -2.15. The number of hydrogen-bond donors (Lipinski definition) is 2. The van der Waals surface area contributed by atoms with Gasteiger partial charge in [0.15, 0.2) is 0 Å². The molecular formula is C9H13N3O. The number of nitrogens with two attached hydrogens (primary N) is 1. The van der Waals surface area contributed by atoms with E-state index >= 15 is 0 Å². The van der Waals surface area contributed by atoms with Gasteiger partial charge in [0.25, 0.3) is 0 Å². The number of nitrogens with one attached hydrogen (secondary N) is 1. The van der Waals surface area contributed by atoms with Gasteiger partial charge in [-0.1, -0.05) is 18.2 Å². The van der Waals surface area contributed by atoms with Crippen molar-refractivity contribution in [3.8, 4) is 0 Å². The largest absolute Gasteiger partial charge is 0.324 e. The smallest absolute Gasteiger partial charge is 0.119 e. The summed E-state index contributed by atoms with van der Waals surface area (Å²) in [5, 5.41) is 3.36. The van der Waals surface area contributed by atoms with Crippen molar-refractivity contribution in [3.63, 3.8) is 0 Å². The maximum atomic E-state index is 5.19. The predicted octanol–water partition coefficient (Wildman–Crippen LogP) is 1.36. The summed E-state index contributed by atoms with van der Waals surface area (Å²) in [5.74, 6) is 4.96. The van der Waals surface area contributed by atoms with Crippen LogP contribution in [0, 0.1) is 0 Å². The van der Waals surface area contributed by atoms with E-state index in [9.17, 15) is 0 Å². The number of anilines is 1. The van der Waals surface area contributed by atoms with Gasteiger partial charge in [-0.3, -0.25) is 10.3 Å². The molecule has 0 aromatic heterocycles. The Balaban J connectivity index is 2.35. The molecule has 0 aliphatic rings. The van der Waals surface area contributed by atoms with Crippen LogP contribution in [0.5, 0.6) is 0 Å². The Morgan fingerprint density at radius 1 is 1.46 bits per heavy atom. The van der Waals surface area contributed by atoms with Gasteiger partial charge in [-0.15, -0.1) is 0 Å². The van der Waals surface area contributed by atoms with Gasteiger partial charge in [0.2, 0.25) is 0 Å². The van der Waals surface area contributed by atoms with Crippen molar-refractivity contribution in [1.29, 1.82) is 0 Å². The molecule has 1 atom stereocenters. The molecule has 4 heteroatoms. The van der Waals surface area contributed by atoms with Crippen molar-refractivity contribution >= 4 is 11.9 Å². The Hall–Kier alpha value is -1.55. The van der Waals surface area contributed by atoms with Gasteiger partial charge < -0.3 is 5.84 Å². The maximum absolute atomic E-state index is 5.19. The highest BCUT2D eigenvalue weighted by Crippen LogP contribution is 2.05. The van der Waals surface area contributed by atoms with Crippen LogP contribution < -0.4 is 11.3 Å². The molecule has 0 spiro atoms. The first-order valence-corrected chi connectivity index (χ1v) is 4.03. The lowest BCUT2D eigenvalue weighted by Gasteiger charge is -2.09. The molecule has 0 saturated heterocycles. The number of nitrogens with zero attached hydrogens (tertiary/aromatic N) is 1. The molecule has 1 rings (SSSR count). The molecule has 0 heterocycles. The average Bonchev–Trinajstić information content (AvgIpc) is 2.17. The molecule has 0 unspecified atom stereocenters. The van der Waals surface area contributed by atoms with E-state index in [1.54, 1.807) is 0 Å². The topological polar surface area (TPSA) is 59.6 Å². The van der Waals surface area contributed by atoms with E-state index in [1.807, 2.05) is 37.3 Å². The third-order valence-corrected chi connectivity index (χ3v) is 1.43. The van der Waals surface area contributed by atoms with Crippen molar-refractivity contribution in [1.82, 2.24) is 0 Å². The minimum atomic E-state index is -0.148. The second kappa shape index (κ2) is 5.16. The Kier molecular flexibility index (Phi) is 3.78. The van der Waals surface area contributed by atoms with Crippen molar-refractivity contribution in [2.75, 3.05) is 5.48 Å². The van der Waals surface area contributed by atoms with E-state index in [0.29, 0.717) is 0 Å². The average molecular weight is 179 g/mol. The van der Waals surface area contributed by atoms with Crippen molar-refractivity contribution < 1.29 is 4.84 Å². The van der Waals surface area contributed by atoms with E-state index in [4.69, 9.17) is 10.7 Å². The zero-order valence-corrected chi connectivity index (χ0v) is 7.47. The highest BCUT2D eigenvalue weighted by molar-refractivity contribution is 5.62. The zero-order chi connectivity index (χ0) is 9.52. The molecule has 0 bridgehead atoms. The Morgan fingerprint density at radius 3 is 2.77 bits per heavy atom. The molecule has 13 heavy (non-hydrogen) atoms. The molecule has 0 aliphatic heterocycles. The van der Waals surface area contributed by atoms with E-state index in [1.165, 1.54) is 6.21 Å². The third kappa shape index (κ3) is 3.57. The molecular weight excluding hydrogens is 166 g/mol. The molecule has 3 N–H and O–H groups in total.